The summed E-state index contributed by atoms with van der Waals surface area (Å²) in [5, 5.41) is 0. The molecule has 1 aromatic carbocycles. The second-order valence-corrected chi connectivity index (χ2v) is 8.47. The SMILES string of the molecule is CCCCCC1CC=C(OC(F)(F)c2ccc(C3=CC=C(OCC)CC3)c(F)c2F)CC1. The molecule has 176 valence electrons. The summed E-state index contributed by atoms with van der Waals surface area (Å²) in [4.78, 5) is 0. The molecule has 2 aliphatic carbocycles. The van der Waals surface area contributed by atoms with Gasteiger partial charge in [-0.3, -0.25) is 0 Å². The van der Waals surface area contributed by atoms with Gasteiger partial charge >= 0.3 is 6.11 Å². The Morgan fingerprint density at radius 2 is 1.78 bits per heavy atom. The first kappa shape index (κ1) is 24.4. The lowest BCUT2D eigenvalue weighted by Gasteiger charge is -2.26. The Balaban J connectivity index is 1.70. The van der Waals surface area contributed by atoms with Gasteiger partial charge < -0.3 is 9.47 Å². The topological polar surface area (TPSA) is 18.5 Å². The van der Waals surface area contributed by atoms with E-state index >= 15 is 0 Å². The van der Waals surface area contributed by atoms with Crippen molar-refractivity contribution in [3.8, 4) is 0 Å². The molecule has 0 amide bonds. The summed E-state index contributed by atoms with van der Waals surface area (Å²) < 4.78 is 69.2. The van der Waals surface area contributed by atoms with Crippen LogP contribution in [0.3, 0.4) is 0 Å². The number of allylic oxidation sites excluding steroid dienone is 6. The molecule has 2 nitrogen and oxygen atoms in total. The summed E-state index contributed by atoms with van der Waals surface area (Å²) in [7, 11) is 0. The smallest absolute Gasteiger partial charge is 0.429 e. The maximum Gasteiger partial charge on any atom is 0.429 e. The zero-order valence-electron chi connectivity index (χ0n) is 18.9. The number of benzene rings is 1. The molecule has 0 spiro atoms. The van der Waals surface area contributed by atoms with Crippen molar-refractivity contribution in [3.63, 3.8) is 0 Å². The fourth-order valence-electron chi connectivity index (χ4n) is 4.29. The monoisotopic (exact) mass is 452 g/mol. The molecule has 32 heavy (non-hydrogen) atoms. The third kappa shape index (κ3) is 5.96. The van der Waals surface area contributed by atoms with Gasteiger partial charge in [-0.25, -0.2) is 8.78 Å². The van der Waals surface area contributed by atoms with Crippen molar-refractivity contribution in [2.75, 3.05) is 6.61 Å². The van der Waals surface area contributed by atoms with E-state index in [-0.39, 0.29) is 11.3 Å². The molecular formula is C26H32F4O2. The van der Waals surface area contributed by atoms with Crippen LogP contribution in [0.1, 0.15) is 82.8 Å². The Morgan fingerprint density at radius 3 is 2.41 bits per heavy atom. The van der Waals surface area contributed by atoms with Crippen LogP contribution in [0.5, 0.6) is 0 Å². The zero-order chi connectivity index (χ0) is 23.1. The van der Waals surface area contributed by atoms with Crippen molar-refractivity contribution >= 4 is 5.57 Å². The van der Waals surface area contributed by atoms with Gasteiger partial charge in [-0.05, 0) is 55.9 Å². The number of alkyl halides is 2. The molecule has 0 heterocycles. The highest BCUT2D eigenvalue weighted by Crippen LogP contribution is 2.40. The molecule has 0 N–H and O–H groups in total. The van der Waals surface area contributed by atoms with Crippen molar-refractivity contribution in [1.29, 1.82) is 0 Å². The normalized spacial score (nSPS) is 19.2. The second kappa shape index (κ2) is 11.1. The van der Waals surface area contributed by atoms with Gasteiger partial charge in [0.25, 0.3) is 0 Å². The summed E-state index contributed by atoms with van der Waals surface area (Å²) in [6, 6.07) is 2.13. The molecule has 0 saturated heterocycles. The van der Waals surface area contributed by atoms with Crippen molar-refractivity contribution < 1.29 is 27.0 Å². The number of unbranched alkanes of at least 4 members (excludes halogenated alkanes) is 2. The number of hydrogen-bond acceptors (Lipinski definition) is 2. The van der Waals surface area contributed by atoms with E-state index in [0.29, 0.717) is 43.8 Å². The van der Waals surface area contributed by atoms with E-state index in [1.54, 1.807) is 18.2 Å². The number of hydrogen-bond donors (Lipinski definition) is 0. The van der Waals surface area contributed by atoms with Gasteiger partial charge in [-0.1, -0.05) is 44.7 Å². The molecule has 0 fully saturated rings. The molecule has 0 saturated carbocycles. The fraction of sp³-hybridized carbons (Fsp3) is 0.538. The van der Waals surface area contributed by atoms with Crippen LogP contribution in [-0.2, 0) is 15.6 Å². The first-order chi connectivity index (χ1) is 15.4. The molecule has 0 bridgehead atoms. The van der Waals surface area contributed by atoms with Gasteiger partial charge in [-0.15, -0.1) is 0 Å². The average Bonchev–Trinajstić information content (AvgIpc) is 2.77. The third-order valence-electron chi connectivity index (χ3n) is 6.14. The molecular weight excluding hydrogens is 420 g/mol. The van der Waals surface area contributed by atoms with Crippen LogP contribution < -0.4 is 0 Å². The van der Waals surface area contributed by atoms with Gasteiger partial charge in [0.05, 0.1) is 18.1 Å². The Kier molecular flexibility index (Phi) is 8.44. The van der Waals surface area contributed by atoms with Crippen LogP contribution in [0.2, 0.25) is 0 Å². The Morgan fingerprint density at radius 1 is 0.969 bits per heavy atom. The van der Waals surface area contributed by atoms with Crippen LogP contribution in [-0.4, -0.2) is 6.61 Å². The maximum atomic E-state index is 14.7. The quantitative estimate of drug-likeness (QED) is 0.262. The van der Waals surface area contributed by atoms with E-state index in [9.17, 15) is 17.6 Å². The van der Waals surface area contributed by atoms with E-state index in [2.05, 4.69) is 6.92 Å². The molecule has 6 heteroatoms. The summed E-state index contributed by atoms with van der Waals surface area (Å²) >= 11 is 0. The fourth-order valence-corrected chi connectivity index (χ4v) is 4.29. The van der Waals surface area contributed by atoms with Gasteiger partial charge in [0.1, 0.15) is 5.56 Å². The largest absolute Gasteiger partial charge is 0.498 e. The lowest BCUT2D eigenvalue weighted by Crippen LogP contribution is -2.22. The van der Waals surface area contributed by atoms with Crippen LogP contribution in [0.25, 0.3) is 5.57 Å². The van der Waals surface area contributed by atoms with Crippen LogP contribution in [0, 0.1) is 17.6 Å². The summed E-state index contributed by atoms with van der Waals surface area (Å²) in [5.74, 6) is -1.46. The maximum absolute atomic E-state index is 14.7. The van der Waals surface area contributed by atoms with Gasteiger partial charge in [0.15, 0.2) is 11.6 Å². The molecule has 2 aliphatic rings. The summed E-state index contributed by atoms with van der Waals surface area (Å²) in [6.45, 7) is 4.54. The predicted octanol–water partition coefficient (Wildman–Crippen LogP) is 8.39. The lowest BCUT2D eigenvalue weighted by molar-refractivity contribution is -0.228. The molecule has 1 unspecified atom stereocenters. The standard InChI is InChI=1S/C26H32F4O2/c1-3-5-6-7-18-8-12-21(13-9-18)32-26(29,30)23-17-16-22(24(27)25(23)28)19-10-14-20(15-11-19)31-4-2/h10,12,14,16-18H,3-9,11,13,15H2,1-2H3. The van der Waals surface area contributed by atoms with E-state index in [4.69, 9.17) is 9.47 Å². The zero-order valence-corrected chi connectivity index (χ0v) is 18.9. The van der Waals surface area contributed by atoms with Crippen LogP contribution >= 0.6 is 0 Å². The first-order valence-electron chi connectivity index (χ1n) is 11.6. The van der Waals surface area contributed by atoms with Crippen molar-refractivity contribution in [2.45, 2.75) is 77.7 Å². The Labute approximate surface area is 188 Å². The van der Waals surface area contributed by atoms with Gasteiger partial charge in [0.2, 0.25) is 0 Å². The minimum absolute atomic E-state index is 0.0133. The number of halogens is 4. The van der Waals surface area contributed by atoms with Gasteiger partial charge in [-0.2, -0.15) is 8.78 Å². The Bertz CT molecular complexity index is 886. The molecule has 3 rings (SSSR count). The van der Waals surface area contributed by atoms with E-state index < -0.39 is 23.3 Å². The Hall–Kier alpha value is -2.24. The predicted molar refractivity (Wildman–Crippen MR) is 118 cm³/mol. The molecule has 0 aliphatic heterocycles. The van der Waals surface area contributed by atoms with E-state index in [1.807, 2.05) is 6.92 Å². The van der Waals surface area contributed by atoms with Crippen LogP contribution in [0.4, 0.5) is 17.6 Å². The summed E-state index contributed by atoms with van der Waals surface area (Å²) in [5.41, 5.74) is -0.544. The third-order valence-corrected chi connectivity index (χ3v) is 6.14. The van der Waals surface area contributed by atoms with E-state index in [1.165, 1.54) is 12.5 Å². The minimum Gasteiger partial charge on any atom is -0.498 e. The van der Waals surface area contributed by atoms with Crippen molar-refractivity contribution in [3.05, 3.63) is 64.6 Å². The first-order valence-corrected chi connectivity index (χ1v) is 11.6. The highest BCUT2D eigenvalue weighted by Gasteiger charge is 2.40. The molecule has 1 aromatic rings. The number of rotatable bonds is 10. The molecule has 0 radical (unpaired) electrons. The van der Waals surface area contributed by atoms with E-state index in [0.717, 1.165) is 37.5 Å². The number of ether oxygens (including phenoxy) is 2. The van der Waals surface area contributed by atoms with Crippen molar-refractivity contribution in [1.82, 2.24) is 0 Å². The summed E-state index contributed by atoms with van der Waals surface area (Å²) in [6.07, 6.45) is 8.44. The minimum atomic E-state index is -3.94. The molecule has 0 aromatic heterocycles. The lowest BCUT2D eigenvalue weighted by atomic mass is 9.89. The molecule has 1 atom stereocenters. The average molecular weight is 453 g/mol. The van der Waals surface area contributed by atoms with Gasteiger partial charge in [0, 0.05) is 18.4 Å². The van der Waals surface area contributed by atoms with Crippen LogP contribution in [0.15, 0.2) is 41.9 Å². The second-order valence-electron chi connectivity index (χ2n) is 8.47. The van der Waals surface area contributed by atoms with Crippen molar-refractivity contribution in [2.24, 2.45) is 5.92 Å². The highest BCUT2D eigenvalue weighted by atomic mass is 19.3. The highest BCUT2D eigenvalue weighted by molar-refractivity contribution is 5.69.